The van der Waals surface area contributed by atoms with E-state index in [4.69, 9.17) is 0 Å². The molecule has 3 nitrogen and oxygen atoms in total. The van der Waals surface area contributed by atoms with E-state index in [1.807, 2.05) is 0 Å². The van der Waals surface area contributed by atoms with Gasteiger partial charge in [-0.1, -0.05) is 30.3 Å². The van der Waals surface area contributed by atoms with E-state index in [2.05, 4.69) is 57.3 Å². The van der Waals surface area contributed by atoms with Crippen LogP contribution in [-0.4, -0.2) is 26.2 Å². The van der Waals surface area contributed by atoms with E-state index in [9.17, 15) is 0 Å². The Morgan fingerprint density at radius 1 is 0.833 bits per heavy atom. The summed E-state index contributed by atoms with van der Waals surface area (Å²) in [6.45, 7) is 4.87. The van der Waals surface area contributed by atoms with Gasteiger partial charge in [0.05, 0.1) is 0 Å². The Labute approximate surface area is 142 Å². The zero-order valence-electron chi connectivity index (χ0n) is 14.1. The van der Waals surface area contributed by atoms with Gasteiger partial charge in [0.25, 0.3) is 5.36 Å². The Kier molecular flexibility index (Phi) is 3.32. The molecule has 0 saturated carbocycles. The number of anilines is 3. The molecule has 2 saturated heterocycles. The average molecular weight is 318 g/mol. The van der Waals surface area contributed by atoms with Crippen molar-refractivity contribution in [3.05, 3.63) is 47.8 Å². The minimum Gasteiger partial charge on any atom is -0.364 e. The van der Waals surface area contributed by atoms with Crippen LogP contribution in [0.25, 0.3) is 10.8 Å². The van der Waals surface area contributed by atoms with Gasteiger partial charge in [-0.25, -0.2) is 4.58 Å². The van der Waals surface area contributed by atoms with Crippen LogP contribution in [0.5, 0.6) is 0 Å². The van der Waals surface area contributed by atoms with E-state index < -0.39 is 0 Å². The van der Waals surface area contributed by atoms with Crippen LogP contribution < -0.4 is 20.1 Å². The summed E-state index contributed by atoms with van der Waals surface area (Å²) in [5.41, 5.74) is 4.06. The third kappa shape index (κ3) is 2.39. The molecule has 122 valence electrons. The Morgan fingerprint density at radius 3 is 2.38 bits per heavy atom. The topological polar surface area (TPSA) is 18.3 Å². The monoisotopic (exact) mass is 318 g/mol. The number of fused-ring (bicyclic) bond motifs is 1. The van der Waals surface area contributed by atoms with Crippen molar-refractivity contribution in [2.75, 3.05) is 36.4 Å². The van der Waals surface area contributed by atoms with Crippen molar-refractivity contribution in [2.45, 2.75) is 25.7 Å². The third-order valence-electron chi connectivity index (χ3n) is 5.50. The summed E-state index contributed by atoms with van der Waals surface area (Å²) in [4.78, 5) is 2.58. The Morgan fingerprint density at radius 2 is 1.58 bits per heavy atom. The Bertz CT molecular complexity index is 900. The van der Waals surface area contributed by atoms with Crippen LogP contribution in [0.1, 0.15) is 25.7 Å². The zero-order valence-corrected chi connectivity index (χ0v) is 14.1. The Hall–Kier alpha value is -2.29. The number of nitrogens with zero attached hydrogens (tertiary/aromatic N) is 2. The second-order valence-corrected chi connectivity index (χ2v) is 7.15. The minimum atomic E-state index is 1.20. The van der Waals surface area contributed by atoms with Crippen molar-refractivity contribution in [2.24, 2.45) is 0 Å². The van der Waals surface area contributed by atoms with Crippen LogP contribution in [0.4, 0.5) is 17.1 Å². The molecular weight excluding hydrogens is 294 g/mol. The smallest absolute Gasteiger partial charge is 0.252 e. The average Bonchev–Trinajstić information content (AvgIpc) is 3.08. The minimum absolute atomic E-state index is 1.20. The fraction of sp³-hybridized carbons (Fsp3) is 0.381. The van der Waals surface area contributed by atoms with Crippen LogP contribution in [0.2, 0.25) is 0 Å². The van der Waals surface area contributed by atoms with Gasteiger partial charge in [-0.05, 0) is 35.7 Å². The quantitative estimate of drug-likeness (QED) is 0.744. The molecule has 1 N–H and O–H groups in total. The first kappa shape index (κ1) is 14.1. The second kappa shape index (κ2) is 5.66. The van der Waals surface area contributed by atoms with Gasteiger partial charge in [-0.2, -0.15) is 0 Å². The molecule has 3 aromatic rings. The van der Waals surface area contributed by atoms with E-state index in [0.29, 0.717) is 0 Å². The first-order chi connectivity index (χ1) is 11.9. The summed E-state index contributed by atoms with van der Waals surface area (Å²) < 4.78 is 2.58. The SMILES string of the molecule is c1ccc2cc(Nc3c(N4CCCC4)c3=[N+]3CCCC3)ccc2c1. The molecule has 0 atom stereocenters. The molecular formula is C21H24N3+. The van der Waals surface area contributed by atoms with Gasteiger partial charge in [0.2, 0.25) is 0 Å². The van der Waals surface area contributed by atoms with Crippen molar-refractivity contribution in [3.8, 4) is 0 Å². The number of hydrogen-bond donors (Lipinski definition) is 1. The van der Waals surface area contributed by atoms with E-state index in [1.54, 1.807) is 0 Å². The molecule has 2 aliphatic heterocycles. The van der Waals surface area contributed by atoms with Crippen molar-refractivity contribution in [1.82, 2.24) is 4.58 Å². The number of rotatable bonds is 3. The van der Waals surface area contributed by atoms with Gasteiger partial charge in [0.15, 0.2) is 0 Å². The van der Waals surface area contributed by atoms with Gasteiger partial charge in [0.1, 0.15) is 24.5 Å². The van der Waals surface area contributed by atoms with Crippen molar-refractivity contribution >= 4 is 27.8 Å². The molecule has 2 fully saturated rings. The normalized spacial score (nSPS) is 18.2. The summed E-state index contributed by atoms with van der Waals surface area (Å²) in [6, 6.07) is 15.3. The second-order valence-electron chi connectivity index (χ2n) is 7.15. The number of hydrogen-bond acceptors (Lipinski definition) is 2. The molecule has 2 aliphatic rings. The summed E-state index contributed by atoms with van der Waals surface area (Å²) in [7, 11) is 0. The van der Waals surface area contributed by atoms with Crippen molar-refractivity contribution in [3.63, 3.8) is 0 Å². The standard InChI is InChI=1S/C21H23N3/c1-2-8-17-15-18(10-9-16(17)7-1)22-19-20(23-11-3-4-12-23)21(19)24-13-5-6-14-24/h1-2,7-10,15H,3-6,11-14H2/p+1. The van der Waals surface area contributed by atoms with E-state index >= 15 is 0 Å². The van der Waals surface area contributed by atoms with E-state index in [1.165, 1.54) is 85.1 Å². The van der Waals surface area contributed by atoms with E-state index in [-0.39, 0.29) is 0 Å². The number of nitrogens with one attached hydrogen (secondary N) is 1. The molecule has 3 aromatic carbocycles. The Balaban J connectivity index is 1.50. The summed E-state index contributed by atoms with van der Waals surface area (Å²) >= 11 is 0. The largest absolute Gasteiger partial charge is 0.364 e. The lowest BCUT2D eigenvalue weighted by molar-refractivity contribution is 0.706. The molecule has 5 rings (SSSR count). The van der Waals surface area contributed by atoms with Gasteiger partial charge in [0, 0.05) is 31.6 Å². The van der Waals surface area contributed by atoms with Crippen LogP contribution in [-0.2, 0) is 0 Å². The first-order valence-electron chi connectivity index (χ1n) is 9.28. The maximum atomic E-state index is 3.72. The van der Waals surface area contributed by atoms with Crippen LogP contribution in [0.3, 0.4) is 0 Å². The molecule has 0 amide bonds. The number of benzene rings is 2. The molecule has 0 aromatic heterocycles. The van der Waals surface area contributed by atoms with Gasteiger partial charge >= 0.3 is 0 Å². The highest BCUT2D eigenvalue weighted by Gasteiger charge is 2.35. The molecule has 3 heteroatoms. The molecule has 2 heterocycles. The molecule has 24 heavy (non-hydrogen) atoms. The maximum Gasteiger partial charge on any atom is 0.252 e. The summed E-state index contributed by atoms with van der Waals surface area (Å²) in [5.74, 6) is 0. The van der Waals surface area contributed by atoms with Crippen LogP contribution in [0.15, 0.2) is 42.5 Å². The van der Waals surface area contributed by atoms with Crippen molar-refractivity contribution in [1.29, 1.82) is 0 Å². The van der Waals surface area contributed by atoms with E-state index in [0.717, 1.165) is 0 Å². The summed E-state index contributed by atoms with van der Waals surface area (Å²) in [5, 5.41) is 7.81. The fourth-order valence-electron chi connectivity index (χ4n) is 4.20. The highest BCUT2D eigenvalue weighted by Crippen LogP contribution is 2.34. The lowest BCUT2D eigenvalue weighted by Crippen LogP contribution is -2.24. The highest BCUT2D eigenvalue weighted by atomic mass is 15.2. The predicted octanol–water partition coefficient (Wildman–Crippen LogP) is 3.63. The molecule has 0 spiro atoms. The molecule has 0 radical (unpaired) electrons. The molecule has 0 unspecified atom stereocenters. The van der Waals surface area contributed by atoms with Gasteiger partial charge in [-0.15, -0.1) is 0 Å². The molecule has 0 bridgehead atoms. The maximum absolute atomic E-state index is 3.72. The van der Waals surface area contributed by atoms with Crippen LogP contribution in [0, 0.1) is 0 Å². The van der Waals surface area contributed by atoms with Gasteiger partial charge < -0.3 is 10.2 Å². The predicted molar refractivity (Wildman–Crippen MR) is 102 cm³/mol. The zero-order chi connectivity index (χ0) is 15.9. The lowest BCUT2D eigenvalue weighted by atomic mass is 10.1. The third-order valence-corrected chi connectivity index (χ3v) is 5.50. The van der Waals surface area contributed by atoms with Gasteiger partial charge in [-0.3, -0.25) is 0 Å². The first-order valence-corrected chi connectivity index (χ1v) is 9.28. The van der Waals surface area contributed by atoms with Crippen molar-refractivity contribution < 1.29 is 0 Å². The summed E-state index contributed by atoms with van der Waals surface area (Å²) in [6.07, 6.45) is 5.33. The molecule has 0 aliphatic carbocycles. The van der Waals surface area contributed by atoms with Crippen LogP contribution >= 0.6 is 0 Å². The fourth-order valence-corrected chi connectivity index (χ4v) is 4.20. The highest BCUT2D eigenvalue weighted by molar-refractivity contribution is 5.91. The lowest BCUT2D eigenvalue weighted by Gasteiger charge is -2.10.